The van der Waals surface area contributed by atoms with Crippen molar-refractivity contribution in [1.29, 1.82) is 0 Å². The molecule has 2 N–H and O–H groups in total. The molecule has 19 heavy (non-hydrogen) atoms. The second kappa shape index (κ2) is 5.09. The molecule has 2 aromatic heterocycles. The zero-order valence-electron chi connectivity index (χ0n) is 11.1. The molecule has 0 bridgehead atoms. The first-order valence-corrected chi connectivity index (χ1v) is 5.96. The Morgan fingerprint density at radius 1 is 1.47 bits per heavy atom. The second-order valence-corrected chi connectivity index (χ2v) is 4.51. The highest BCUT2D eigenvalue weighted by Gasteiger charge is 2.16. The molecule has 2 heterocycles. The van der Waals surface area contributed by atoms with Crippen molar-refractivity contribution in [3.63, 3.8) is 0 Å². The van der Waals surface area contributed by atoms with Crippen molar-refractivity contribution >= 4 is 11.7 Å². The fourth-order valence-corrected chi connectivity index (χ4v) is 1.83. The minimum Gasteiger partial charge on any atom is -0.346 e. The molecular formula is C13H16N4O2. The van der Waals surface area contributed by atoms with Gasteiger partial charge in [0.05, 0.1) is 12.2 Å². The van der Waals surface area contributed by atoms with Crippen LogP contribution in [0, 0.1) is 0 Å². The van der Waals surface area contributed by atoms with Gasteiger partial charge in [-0.15, -0.1) is 0 Å². The van der Waals surface area contributed by atoms with Crippen molar-refractivity contribution in [3.8, 4) is 0 Å². The van der Waals surface area contributed by atoms with Crippen molar-refractivity contribution in [2.75, 3.05) is 0 Å². The lowest BCUT2D eigenvalue weighted by molar-refractivity contribution is 0.0931. The van der Waals surface area contributed by atoms with Gasteiger partial charge in [0.15, 0.2) is 5.78 Å². The van der Waals surface area contributed by atoms with Crippen molar-refractivity contribution in [3.05, 3.63) is 41.5 Å². The maximum Gasteiger partial charge on any atom is 0.268 e. The maximum atomic E-state index is 12.1. The first-order valence-electron chi connectivity index (χ1n) is 5.96. The Morgan fingerprint density at radius 3 is 2.74 bits per heavy atom. The topological polar surface area (TPSA) is 79.8 Å². The summed E-state index contributed by atoms with van der Waals surface area (Å²) in [7, 11) is 1.74. The molecule has 2 aromatic rings. The lowest BCUT2D eigenvalue weighted by Crippen LogP contribution is -2.27. The summed E-state index contributed by atoms with van der Waals surface area (Å²) in [5, 5.41) is 9.41. The first-order chi connectivity index (χ1) is 8.99. The summed E-state index contributed by atoms with van der Waals surface area (Å²) in [6.07, 6.45) is 5.05. The Morgan fingerprint density at radius 2 is 2.21 bits per heavy atom. The van der Waals surface area contributed by atoms with E-state index in [9.17, 15) is 9.59 Å². The van der Waals surface area contributed by atoms with E-state index < -0.39 is 0 Å². The molecule has 0 aromatic carbocycles. The molecule has 0 aliphatic carbocycles. The lowest BCUT2D eigenvalue weighted by atomic mass is 10.2. The minimum absolute atomic E-state index is 0.0578. The third kappa shape index (κ3) is 2.73. The fourth-order valence-electron chi connectivity index (χ4n) is 1.83. The van der Waals surface area contributed by atoms with E-state index in [0.29, 0.717) is 11.3 Å². The van der Waals surface area contributed by atoms with Crippen LogP contribution in [-0.4, -0.2) is 26.5 Å². The van der Waals surface area contributed by atoms with Crippen LogP contribution in [0.5, 0.6) is 0 Å². The molecule has 0 spiro atoms. The number of aromatic nitrogens is 3. The molecule has 0 aliphatic heterocycles. The monoisotopic (exact) mass is 260 g/mol. The molecule has 0 aliphatic rings. The predicted molar refractivity (Wildman–Crippen MR) is 69.9 cm³/mol. The van der Waals surface area contributed by atoms with Gasteiger partial charge < -0.3 is 9.88 Å². The molecule has 1 amide bonds. The van der Waals surface area contributed by atoms with Gasteiger partial charge in [0.2, 0.25) is 0 Å². The highest BCUT2D eigenvalue weighted by molar-refractivity contribution is 5.99. The van der Waals surface area contributed by atoms with Crippen molar-refractivity contribution < 1.29 is 9.59 Å². The number of hydrogen-bond donors (Lipinski definition) is 2. The molecular weight excluding hydrogens is 244 g/mol. The van der Waals surface area contributed by atoms with Crippen molar-refractivity contribution in [1.82, 2.24) is 20.1 Å². The van der Waals surface area contributed by atoms with Crippen LogP contribution in [0.4, 0.5) is 0 Å². The van der Waals surface area contributed by atoms with E-state index in [1.54, 1.807) is 36.3 Å². The normalized spacial score (nSPS) is 12.2. The van der Waals surface area contributed by atoms with Gasteiger partial charge in [0.25, 0.3) is 5.91 Å². The standard InChI is InChI=1S/C13H16N4O2/c1-8(11-5-14-15-6-11)16-13(19)12-4-10(9(2)18)7-17(12)3/h4-8H,1-3H3,(H,14,15)(H,16,19). The highest BCUT2D eigenvalue weighted by Crippen LogP contribution is 2.12. The second-order valence-electron chi connectivity index (χ2n) is 4.51. The van der Waals surface area contributed by atoms with Gasteiger partial charge in [0.1, 0.15) is 5.69 Å². The number of nitrogens with zero attached hydrogens (tertiary/aromatic N) is 2. The number of ketones is 1. The average molecular weight is 260 g/mol. The molecule has 0 saturated heterocycles. The Labute approximate surface area is 110 Å². The van der Waals surface area contributed by atoms with Gasteiger partial charge in [0, 0.05) is 30.6 Å². The quantitative estimate of drug-likeness (QED) is 0.816. The van der Waals surface area contributed by atoms with Gasteiger partial charge in [-0.3, -0.25) is 14.7 Å². The summed E-state index contributed by atoms with van der Waals surface area (Å²) in [6, 6.07) is 1.45. The number of H-pyrrole nitrogens is 1. The van der Waals surface area contributed by atoms with E-state index in [-0.39, 0.29) is 17.7 Å². The summed E-state index contributed by atoms with van der Waals surface area (Å²) < 4.78 is 1.65. The maximum absolute atomic E-state index is 12.1. The summed E-state index contributed by atoms with van der Waals surface area (Å²) in [6.45, 7) is 3.35. The number of rotatable bonds is 4. The summed E-state index contributed by atoms with van der Waals surface area (Å²) >= 11 is 0. The molecule has 1 atom stereocenters. The molecule has 0 radical (unpaired) electrons. The Bertz CT molecular complexity index is 598. The highest BCUT2D eigenvalue weighted by atomic mass is 16.2. The van der Waals surface area contributed by atoms with Crippen molar-refractivity contribution in [2.45, 2.75) is 19.9 Å². The lowest BCUT2D eigenvalue weighted by Gasteiger charge is -2.12. The number of amides is 1. The van der Waals surface area contributed by atoms with E-state index >= 15 is 0 Å². The largest absolute Gasteiger partial charge is 0.346 e. The van der Waals surface area contributed by atoms with Crippen LogP contribution in [0.2, 0.25) is 0 Å². The molecule has 6 nitrogen and oxygen atoms in total. The van der Waals surface area contributed by atoms with Crippen molar-refractivity contribution in [2.24, 2.45) is 7.05 Å². The van der Waals surface area contributed by atoms with Crippen LogP contribution in [0.15, 0.2) is 24.7 Å². The Hall–Kier alpha value is -2.37. The Balaban J connectivity index is 2.14. The predicted octanol–water partition coefficient (Wildman–Crippen LogP) is 1.44. The van der Waals surface area contributed by atoms with Crippen LogP contribution in [-0.2, 0) is 7.05 Å². The zero-order valence-corrected chi connectivity index (χ0v) is 11.1. The average Bonchev–Trinajstić information content (AvgIpc) is 2.97. The molecule has 0 saturated carbocycles. The zero-order chi connectivity index (χ0) is 14.0. The van der Waals surface area contributed by atoms with Crippen LogP contribution < -0.4 is 5.32 Å². The van der Waals surface area contributed by atoms with E-state index in [4.69, 9.17) is 0 Å². The number of hydrogen-bond acceptors (Lipinski definition) is 3. The van der Waals surface area contributed by atoms with Gasteiger partial charge >= 0.3 is 0 Å². The van der Waals surface area contributed by atoms with Gasteiger partial charge in [-0.05, 0) is 19.9 Å². The summed E-state index contributed by atoms with van der Waals surface area (Å²) in [4.78, 5) is 23.4. The molecule has 100 valence electrons. The fraction of sp³-hybridized carbons (Fsp3) is 0.308. The molecule has 2 rings (SSSR count). The van der Waals surface area contributed by atoms with Crippen LogP contribution >= 0.6 is 0 Å². The van der Waals surface area contributed by atoms with E-state index in [1.807, 2.05) is 6.92 Å². The number of aromatic amines is 1. The minimum atomic E-state index is -0.219. The Kier molecular flexibility index (Phi) is 3.50. The smallest absolute Gasteiger partial charge is 0.268 e. The number of aryl methyl sites for hydroxylation is 1. The molecule has 6 heteroatoms. The number of carbonyl (C=O) groups is 2. The van der Waals surface area contributed by atoms with E-state index in [2.05, 4.69) is 15.5 Å². The van der Waals surface area contributed by atoms with Gasteiger partial charge in [-0.25, -0.2) is 0 Å². The SMILES string of the molecule is CC(=O)c1cc(C(=O)NC(C)c2cn[nH]c2)n(C)c1. The molecule has 1 unspecified atom stereocenters. The van der Waals surface area contributed by atoms with Crippen LogP contribution in [0.3, 0.4) is 0 Å². The van der Waals surface area contributed by atoms with Crippen LogP contribution in [0.1, 0.15) is 46.3 Å². The third-order valence-corrected chi connectivity index (χ3v) is 3.01. The van der Waals surface area contributed by atoms with Gasteiger partial charge in [-0.2, -0.15) is 5.10 Å². The van der Waals surface area contributed by atoms with Crippen LogP contribution in [0.25, 0.3) is 0 Å². The first kappa shape index (κ1) is 13.1. The summed E-state index contributed by atoms with van der Waals surface area (Å²) in [5.41, 5.74) is 1.89. The summed E-state index contributed by atoms with van der Waals surface area (Å²) in [5.74, 6) is -0.277. The number of Topliss-reactive ketones (excluding diaryl/α,β-unsaturated/α-hetero) is 1. The molecule has 0 fully saturated rings. The van der Waals surface area contributed by atoms with E-state index in [0.717, 1.165) is 5.56 Å². The third-order valence-electron chi connectivity index (χ3n) is 3.01. The number of carbonyl (C=O) groups excluding carboxylic acids is 2. The number of nitrogens with one attached hydrogen (secondary N) is 2. The van der Waals surface area contributed by atoms with E-state index in [1.165, 1.54) is 6.92 Å². The van der Waals surface area contributed by atoms with Gasteiger partial charge in [-0.1, -0.05) is 0 Å².